The molecular formula is C16H19ClN5O4P. The van der Waals surface area contributed by atoms with Gasteiger partial charge < -0.3 is 19.6 Å². The number of nitrogens with zero attached hydrogens (tertiary/aromatic N) is 3. The Hall–Kier alpha value is -2.19. The third-order valence-electron chi connectivity index (χ3n) is 3.69. The van der Waals surface area contributed by atoms with Crippen LogP contribution in [-0.4, -0.2) is 39.1 Å². The molecule has 0 amide bonds. The first-order valence-electron chi connectivity index (χ1n) is 8.08. The Morgan fingerprint density at radius 3 is 3.00 bits per heavy atom. The zero-order valence-corrected chi connectivity index (χ0v) is 16.2. The van der Waals surface area contributed by atoms with Crippen molar-refractivity contribution in [3.05, 3.63) is 51.5 Å². The Morgan fingerprint density at radius 1 is 1.41 bits per heavy atom. The molecule has 3 N–H and O–H groups in total. The topological polar surface area (TPSA) is 125 Å². The van der Waals surface area contributed by atoms with Gasteiger partial charge in [0.2, 0.25) is 13.3 Å². The summed E-state index contributed by atoms with van der Waals surface area (Å²) in [5.74, 6) is 0.0163. The van der Waals surface area contributed by atoms with Crippen LogP contribution in [-0.2, 0) is 27.0 Å². The van der Waals surface area contributed by atoms with Gasteiger partial charge in [0.15, 0.2) is 11.2 Å². The second-order valence-corrected chi connectivity index (χ2v) is 9.00. The quantitative estimate of drug-likeness (QED) is 0.430. The summed E-state index contributed by atoms with van der Waals surface area (Å²) < 4.78 is 25.1. The van der Waals surface area contributed by atoms with Gasteiger partial charge in [-0.1, -0.05) is 23.7 Å². The van der Waals surface area contributed by atoms with Crippen LogP contribution in [0.5, 0.6) is 0 Å². The third kappa shape index (κ3) is 5.17. The molecular weight excluding hydrogens is 393 g/mol. The maximum atomic E-state index is 12.5. The van der Waals surface area contributed by atoms with E-state index in [1.165, 1.54) is 13.0 Å². The number of nitrogens with two attached hydrogens (primary N) is 1. The Kier molecular flexibility index (Phi) is 5.96. The van der Waals surface area contributed by atoms with Crippen molar-refractivity contribution >= 4 is 36.1 Å². The van der Waals surface area contributed by atoms with E-state index < -0.39 is 12.9 Å². The maximum absolute atomic E-state index is 12.5. The molecule has 0 aliphatic rings. The van der Waals surface area contributed by atoms with Gasteiger partial charge in [0, 0.05) is 18.2 Å². The van der Waals surface area contributed by atoms with E-state index in [0.29, 0.717) is 17.2 Å². The van der Waals surface area contributed by atoms with E-state index in [0.717, 1.165) is 5.56 Å². The number of rotatable bonds is 8. The lowest BCUT2D eigenvalue weighted by atomic mass is 10.2. The van der Waals surface area contributed by atoms with Crippen LogP contribution in [0.15, 0.2) is 35.4 Å². The molecule has 3 aromatic rings. The highest BCUT2D eigenvalue weighted by atomic mass is 35.5. The van der Waals surface area contributed by atoms with E-state index in [1.54, 1.807) is 22.8 Å². The van der Waals surface area contributed by atoms with Crippen molar-refractivity contribution in [1.82, 2.24) is 19.5 Å². The average molecular weight is 412 g/mol. The van der Waals surface area contributed by atoms with Crippen molar-refractivity contribution in [2.75, 3.05) is 25.4 Å². The maximum Gasteiger partial charge on any atom is 0.280 e. The van der Waals surface area contributed by atoms with E-state index in [2.05, 4.69) is 15.0 Å². The highest BCUT2D eigenvalue weighted by Gasteiger charge is 2.17. The van der Waals surface area contributed by atoms with E-state index in [-0.39, 0.29) is 31.0 Å². The van der Waals surface area contributed by atoms with Gasteiger partial charge in [-0.3, -0.25) is 14.3 Å². The third-order valence-corrected chi connectivity index (χ3v) is 5.25. The number of hydrogen-bond acceptors (Lipinski definition) is 7. The molecule has 9 nitrogen and oxygen atoms in total. The number of halogens is 1. The molecule has 11 heteroatoms. The largest absolute Gasteiger partial charge is 0.370 e. The molecule has 3 rings (SSSR count). The fourth-order valence-corrected chi connectivity index (χ4v) is 3.57. The smallest absolute Gasteiger partial charge is 0.280 e. The van der Waals surface area contributed by atoms with Gasteiger partial charge in [0.05, 0.1) is 19.5 Å². The number of nitrogens with one attached hydrogen (secondary N) is 1. The molecule has 0 aliphatic carbocycles. The summed E-state index contributed by atoms with van der Waals surface area (Å²) in [6, 6.07) is 7.17. The standard InChI is InChI=1S/C16H19ClN5O4P/c1-27(24,26-8-11-3-2-4-12(17)7-11)10-25-6-5-22-9-19-13-14(22)20-16(18)21-15(13)23/h2-4,7,9H,5-6,8,10H2,1H3,(H3,18,20,21,23). The van der Waals surface area contributed by atoms with Crippen molar-refractivity contribution in [2.24, 2.45) is 0 Å². The zero-order valence-electron chi connectivity index (χ0n) is 14.6. The van der Waals surface area contributed by atoms with Crippen LogP contribution in [0.4, 0.5) is 5.95 Å². The van der Waals surface area contributed by atoms with Gasteiger partial charge in [-0.15, -0.1) is 0 Å². The van der Waals surface area contributed by atoms with E-state index in [4.69, 9.17) is 26.6 Å². The molecule has 0 fully saturated rings. The van der Waals surface area contributed by atoms with Crippen LogP contribution in [0.3, 0.4) is 0 Å². The van der Waals surface area contributed by atoms with Gasteiger partial charge in [-0.05, 0) is 17.7 Å². The predicted octanol–water partition coefficient (Wildman–Crippen LogP) is 2.45. The summed E-state index contributed by atoms with van der Waals surface area (Å²) in [4.78, 5) is 22.2. The van der Waals surface area contributed by atoms with E-state index in [9.17, 15) is 9.36 Å². The van der Waals surface area contributed by atoms with Gasteiger partial charge >= 0.3 is 0 Å². The first-order chi connectivity index (χ1) is 12.8. The number of H-pyrrole nitrogens is 1. The summed E-state index contributed by atoms with van der Waals surface area (Å²) in [7, 11) is -2.92. The second kappa shape index (κ2) is 8.22. The predicted molar refractivity (Wildman–Crippen MR) is 103 cm³/mol. The van der Waals surface area contributed by atoms with Crippen LogP contribution in [0, 0.1) is 0 Å². The number of aromatic amines is 1. The number of ether oxygens (including phenoxy) is 1. The molecule has 0 aliphatic heterocycles. The molecule has 2 aromatic heterocycles. The molecule has 2 heterocycles. The van der Waals surface area contributed by atoms with Crippen LogP contribution in [0.2, 0.25) is 5.02 Å². The lowest BCUT2D eigenvalue weighted by molar-refractivity contribution is 0.153. The summed E-state index contributed by atoms with van der Waals surface area (Å²) in [6.07, 6.45) is 1.45. The molecule has 0 spiro atoms. The monoisotopic (exact) mass is 411 g/mol. The molecule has 27 heavy (non-hydrogen) atoms. The Bertz CT molecular complexity index is 1050. The molecule has 1 aromatic carbocycles. The lowest BCUT2D eigenvalue weighted by Crippen LogP contribution is -2.13. The molecule has 1 atom stereocenters. The van der Waals surface area contributed by atoms with Crippen molar-refractivity contribution in [2.45, 2.75) is 13.2 Å². The Labute approximate surface area is 159 Å². The van der Waals surface area contributed by atoms with Crippen LogP contribution in [0.25, 0.3) is 11.2 Å². The number of fused-ring (bicyclic) bond motifs is 1. The fourth-order valence-electron chi connectivity index (χ4n) is 2.40. The van der Waals surface area contributed by atoms with Crippen LogP contribution < -0.4 is 11.3 Å². The zero-order chi connectivity index (χ0) is 19.4. The Morgan fingerprint density at radius 2 is 2.22 bits per heavy atom. The fraction of sp³-hybridized carbons (Fsp3) is 0.312. The minimum atomic E-state index is -2.92. The first-order valence-corrected chi connectivity index (χ1v) is 10.7. The van der Waals surface area contributed by atoms with Gasteiger partial charge in [0.1, 0.15) is 6.35 Å². The summed E-state index contributed by atoms with van der Waals surface area (Å²) in [6.45, 7) is 2.33. The van der Waals surface area contributed by atoms with Crippen molar-refractivity contribution in [1.29, 1.82) is 0 Å². The molecule has 0 saturated carbocycles. The SMILES string of the molecule is CP(=O)(COCCn1cnc2c(=O)[nH]c(N)nc21)OCc1cccc(Cl)c1. The minimum absolute atomic E-state index is 0.0163. The average Bonchev–Trinajstić information content (AvgIpc) is 3.00. The van der Waals surface area contributed by atoms with Crippen molar-refractivity contribution in [3.8, 4) is 0 Å². The van der Waals surface area contributed by atoms with Gasteiger partial charge in [0.25, 0.3) is 5.56 Å². The highest BCUT2D eigenvalue weighted by molar-refractivity contribution is 7.57. The number of anilines is 1. The molecule has 0 radical (unpaired) electrons. The van der Waals surface area contributed by atoms with Gasteiger partial charge in [-0.25, -0.2) is 4.98 Å². The second-order valence-electron chi connectivity index (χ2n) is 6.02. The molecule has 144 valence electrons. The molecule has 1 unspecified atom stereocenters. The number of imidazole rings is 1. The van der Waals surface area contributed by atoms with E-state index >= 15 is 0 Å². The van der Waals surface area contributed by atoms with Crippen LogP contribution >= 0.6 is 19.0 Å². The normalized spacial score (nSPS) is 13.7. The lowest BCUT2D eigenvalue weighted by Gasteiger charge is -2.14. The number of hydrogen-bond donors (Lipinski definition) is 2. The van der Waals surface area contributed by atoms with Gasteiger partial charge in [-0.2, -0.15) is 4.98 Å². The highest BCUT2D eigenvalue weighted by Crippen LogP contribution is 2.43. The van der Waals surface area contributed by atoms with Crippen molar-refractivity contribution < 1.29 is 13.8 Å². The van der Waals surface area contributed by atoms with Crippen molar-refractivity contribution in [3.63, 3.8) is 0 Å². The summed E-state index contributed by atoms with van der Waals surface area (Å²) in [5.41, 5.74) is 6.57. The summed E-state index contributed by atoms with van der Waals surface area (Å²) in [5, 5.41) is 0.596. The molecule has 0 saturated heterocycles. The number of benzene rings is 1. The molecule has 0 bridgehead atoms. The number of aromatic nitrogens is 4. The Balaban J connectivity index is 1.51. The van der Waals surface area contributed by atoms with E-state index in [1.807, 2.05) is 6.07 Å². The minimum Gasteiger partial charge on any atom is -0.370 e. The first kappa shape index (κ1) is 19.6. The summed E-state index contributed by atoms with van der Waals surface area (Å²) >= 11 is 5.92. The number of nitrogen functional groups attached to an aromatic ring is 1. The van der Waals surface area contributed by atoms with Crippen LogP contribution in [0.1, 0.15) is 5.56 Å².